The minimum atomic E-state index is -0.146. The molecule has 3 fully saturated rings. The molecular formula is C17H31N3O3. The predicted molar refractivity (Wildman–Crippen MR) is 88.5 cm³/mol. The fourth-order valence-electron chi connectivity index (χ4n) is 4.02. The van der Waals surface area contributed by atoms with Crippen LogP contribution in [0.4, 0.5) is 0 Å². The lowest BCUT2D eigenvalue weighted by Crippen LogP contribution is -2.59. The van der Waals surface area contributed by atoms with Gasteiger partial charge < -0.3 is 19.3 Å². The summed E-state index contributed by atoms with van der Waals surface area (Å²) in [5, 5.41) is 0. The van der Waals surface area contributed by atoms with Crippen molar-refractivity contribution in [3.63, 3.8) is 0 Å². The number of hydrogen-bond donors (Lipinski definition) is 0. The lowest BCUT2D eigenvalue weighted by molar-refractivity contribution is -0.196. The van der Waals surface area contributed by atoms with Crippen molar-refractivity contribution >= 4 is 5.91 Å². The van der Waals surface area contributed by atoms with Crippen LogP contribution in [0.2, 0.25) is 0 Å². The second-order valence-corrected chi connectivity index (χ2v) is 7.44. The van der Waals surface area contributed by atoms with Gasteiger partial charge in [-0.05, 0) is 26.8 Å². The summed E-state index contributed by atoms with van der Waals surface area (Å²) in [4.78, 5) is 19.1. The maximum Gasteiger partial charge on any atom is 0.223 e. The van der Waals surface area contributed by atoms with Gasteiger partial charge in [-0.25, -0.2) is 0 Å². The van der Waals surface area contributed by atoms with E-state index in [9.17, 15) is 4.79 Å². The molecule has 0 aromatic rings. The average molecular weight is 325 g/mol. The summed E-state index contributed by atoms with van der Waals surface area (Å²) in [6.45, 7) is 10.0. The number of likely N-dealkylation sites (N-methyl/N-ethyl adjacent to an activating group) is 1. The zero-order valence-corrected chi connectivity index (χ0v) is 14.6. The summed E-state index contributed by atoms with van der Waals surface area (Å²) in [6.07, 6.45) is 2.97. The largest absolute Gasteiger partial charge is 0.378 e. The number of rotatable bonds is 3. The van der Waals surface area contributed by atoms with Gasteiger partial charge >= 0.3 is 0 Å². The Bertz CT molecular complexity index is 404. The number of amides is 1. The Kier molecular flexibility index (Phi) is 5.57. The first-order valence-electron chi connectivity index (χ1n) is 9.01. The first-order valence-corrected chi connectivity index (χ1v) is 9.01. The average Bonchev–Trinajstić information content (AvgIpc) is 2.53. The van der Waals surface area contributed by atoms with E-state index in [0.717, 1.165) is 65.3 Å². The van der Waals surface area contributed by atoms with Gasteiger partial charge in [0.05, 0.1) is 12.7 Å². The number of nitrogens with zero attached hydrogens (tertiary/aromatic N) is 3. The molecule has 6 nitrogen and oxygen atoms in total. The molecule has 3 aliphatic rings. The van der Waals surface area contributed by atoms with E-state index in [-0.39, 0.29) is 11.7 Å². The van der Waals surface area contributed by atoms with Gasteiger partial charge in [0.15, 0.2) is 0 Å². The van der Waals surface area contributed by atoms with Gasteiger partial charge in [0.25, 0.3) is 0 Å². The zero-order valence-electron chi connectivity index (χ0n) is 14.6. The van der Waals surface area contributed by atoms with Crippen molar-refractivity contribution in [2.45, 2.75) is 37.9 Å². The fourth-order valence-corrected chi connectivity index (χ4v) is 4.02. The van der Waals surface area contributed by atoms with E-state index in [0.29, 0.717) is 18.9 Å². The highest BCUT2D eigenvalue weighted by molar-refractivity contribution is 5.76. The highest BCUT2D eigenvalue weighted by atomic mass is 16.6. The van der Waals surface area contributed by atoms with Gasteiger partial charge in [-0.15, -0.1) is 0 Å². The number of hydrogen-bond acceptors (Lipinski definition) is 5. The number of carbonyl (C=O) groups excluding carboxylic acids is 1. The minimum Gasteiger partial charge on any atom is -0.378 e. The third-order valence-corrected chi connectivity index (χ3v) is 5.26. The first-order chi connectivity index (χ1) is 11.1. The molecule has 0 aliphatic carbocycles. The van der Waals surface area contributed by atoms with E-state index < -0.39 is 0 Å². The molecule has 0 unspecified atom stereocenters. The molecular weight excluding hydrogens is 294 g/mol. The smallest absolute Gasteiger partial charge is 0.223 e. The molecule has 0 N–H and O–H groups in total. The molecule has 2 atom stereocenters. The van der Waals surface area contributed by atoms with Crippen molar-refractivity contribution in [3.8, 4) is 0 Å². The highest BCUT2D eigenvalue weighted by Gasteiger charge is 2.41. The van der Waals surface area contributed by atoms with Crippen LogP contribution in [-0.4, -0.2) is 98.4 Å². The Morgan fingerprint density at radius 2 is 2.04 bits per heavy atom. The number of piperazine rings is 1. The van der Waals surface area contributed by atoms with Gasteiger partial charge in [0.1, 0.15) is 5.60 Å². The predicted octanol–water partition coefficient (Wildman–Crippen LogP) is 0.420. The maximum absolute atomic E-state index is 12.4. The number of ether oxygens (including phenoxy) is 2. The second kappa shape index (κ2) is 7.47. The van der Waals surface area contributed by atoms with Crippen LogP contribution in [0.1, 0.15) is 26.2 Å². The van der Waals surface area contributed by atoms with Crippen molar-refractivity contribution in [3.05, 3.63) is 0 Å². The van der Waals surface area contributed by atoms with Crippen LogP contribution in [0.5, 0.6) is 0 Å². The van der Waals surface area contributed by atoms with Crippen LogP contribution in [0.3, 0.4) is 0 Å². The molecule has 0 aromatic carbocycles. The fraction of sp³-hybridized carbons (Fsp3) is 0.941. The molecule has 3 saturated heterocycles. The minimum absolute atomic E-state index is 0.146. The van der Waals surface area contributed by atoms with Crippen molar-refractivity contribution in [1.29, 1.82) is 0 Å². The molecule has 6 heteroatoms. The van der Waals surface area contributed by atoms with Crippen LogP contribution >= 0.6 is 0 Å². The molecule has 23 heavy (non-hydrogen) atoms. The molecule has 1 amide bonds. The third kappa shape index (κ3) is 4.44. The maximum atomic E-state index is 12.4. The molecule has 0 aromatic heterocycles. The Hall–Kier alpha value is -0.690. The van der Waals surface area contributed by atoms with E-state index in [1.54, 1.807) is 0 Å². The topological polar surface area (TPSA) is 45.3 Å². The summed E-state index contributed by atoms with van der Waals surface area (Å²) >= 11 is 0. The monoisotopic (exact) mass is 325 g/mol. The van der Waals surface area contributed by atoms with E-state index in [4.69, 9.17) is 9.47 Å². The Labute approximate surface area is 139 Å². The van der Waals surface area contributed by atoms with E-state index in [1.807, 2.05) is 4.90 Å². The molecule has 132 valence electrons. The quantitative estimate of drug-likeness (QED) is 0.753. The van der Waals surface area contributed by atoms with Crippen molar-refractivity contribution in [2.75, 3.05) is 66.1 Å². The molecule has 0 radical (unpaired) electrons. The summed E-state index contributed by atoms with van der Waals surface area (Å²) in [6, 6.07) is 0. The van der Waals surface area contributed by atoms with Crippen molar-refractivity contribution < 1.29 is 14.3 Å². The van der Waals surface area contributed by atoms with Gasteiger partial charge in [-0.2, -0.15) is 0 Å². The summed E-state index contributed by atoms with van der Waals surface area (Å²) in [5.74, 6) is 0.297. The standard InChI is InChI=1S/C17H31N3O3/c1-15-12-19(13-17(23-15)5-3-11-22-14-17)6-4-16(21)20-9-7-18(2)8-10-20/h15H,3-14H2,1-2H3/t15-,17+/m0/s1. The van der Waals surface area contributed by atoms with E-state index >= 15 is 0 Å². The van der Waals surface area contributed by atoms with Crippen LogP contribution < -0.4 is 0 Å². The normalized spacial score (nSPS) is 34.0. The van der Waals surface area contributed by atoms with E-state index in [1.165, 1.54) is 0 Å². The van der Waals surface area contributed by atoms with Gasteiger partial charge in [0.2, 0.25) is 5.91 Å². The number of carbonyl (C=O) groups is 1. The van der Waals surface area contributed by atoms with Gasteiger partial charge in [-0.1, -0.05) is 0 Å². The Morgan fingerprint density at radius 3 is 2.74 bits per heavy atom. The van der Waals surface area contributed by atoms with Crippen molar-refractivity contribution in [1.82, 2.24) is 14.7 Å². The molecule has 3 heterocycles. The molecule has 3 aliphatic heterocycles. The highest BCUT2D eigenvalue weighted by Crippen LogP contribution is 2.30. The molecule has 1 spiro atoms. The Morgan fingerprint density at radius 1 is 1.26 bits per heavy atom. The zero-order chi connectivity index (χ0) is 16.3. The third-order valence-electron chi connectivity index (χ3n) is 5.26. The molecule has 3 rings (SSSR count). The van der Waals surface area contributed by atoms with Gasteiger partial charge in [-0.3, -0.25) is 9.69 Å². The summed E-state index contributed by atoms with van der Waals surface area (Å²) < 4.78 is 11.9. The number of morpholine rings is 1. The lowest BCUT2D eigenvalue weighted by atomic mass is 9.93. The molecule has 0 bridgehead atoms. The van der Waals surface area contributed by atoms with Gasteiger partial charge in [0, 0.05) is 58.8 Å². The van der Waals surface area contributed by atoms with E-state index in [2.05, 4.69) is 23.8 Å². The summed E-state index contributed by atoms with van der Waals surface area (Å²) in [5.41, 5.74) is -0.146. The van der Waals surface area contributed by atoms with Crippen LogP contribution in [-0.2, 0) is 14.3 Å². The second-order valence-electron chi connectivity index (χ2n) is 7.44. The van der Waals surface area contributed by atoms with Crippen molar-refractivity contribution in [2.24, 2.45) is 0 Å². The van der Waals surface area contributed by atoms with Crippen LogP contribution in [0.25, 0.3) is 0 Å². The Balaban J connectivity index is 1.48. The van der Waals surface area contributed by atoms with Crippen LogP contribution in [0.15, 0.2) is 0 Å². The lowest BCUT2D eigenvalue weighted by Gasteiger charge is -2.47. The summed E-state index contributed by atoms with van der Waals surface area (Å²) in [7, 11) is 2.11. The first kappa shape index (κ1) is 17.1. The molecule has 0 saturated carbocycles. The SMILES string of the molecule is C[C@H]1CN(CCC(=O)N2CCN(C)CC2)C[C@@]2(CCCOC2)O1. The van der Waals surface area contributed by atoms with Crippen LogP contribution in [0, 0.1) is 0 Å².